The number of ether oxygens (including phenoxy) is 4. The molecule has 0 amide bonds. The average molecular weight is 698 g/mol. The third-order valence-corrected chi connectivity index (χ3v) is 7.71. The molecular formula is C41H43N7O4. The number of rotatable bonds is 20. The van der Waals surface area contributed by atoms with Crippen LogP contribution in [0, 0.1) is 0 Å². The first-order valence-electron chi connectivity index (χ1n) is 17.5. The fraction of sp³-hybridized carbons (Fsp3) is 0.268. The van der Waals surface area contributed by atoms with Gasteiger partial charge in [0, 0.05) is 11.0 Å². The zero-order valence-corrected chi connectivity index (χ0v) is 29.6. The van der Waals surface area contributed by atoms with Gasteiger partial charge in [-0.15, -0.1) is 0 Å². The van der Waals surface area contributed by atoms with Gasteiger partial charge in [-0.2, -0.15) is 20.5 Å². The molecule has 0 heterocycles. The van der Waals surface area contributed by atoms with E-state index in [1.165, 1.54) is 0 Å². The molecule has 0 aromatic heterocycles. The molecule has 0 spiro atoms. The molecule has 52 heavy (non-hydrogen) atoms. The van der Waals surface area contributed by atoms with Crippen molar-refractivity contribution in [1.29, 1.82) is 0 Å². The highest BCUT2D eigenvalue weighted by Gasteiger charge is 2.06. The molecule has 0 saturated carbocycles. The van der Waals surface area contributed by atoms with E-state index >= 15 is 0 Å². The lowest BCUT2D eigenvalue weighted by atomic mass is 10.2. The highest BCUT2D eigenvalue weighted by atomic mass is 16.5. The van der Waals surface area contributed by atoms with Gasteiger partial charge in [-0.05, 0) is 120 Å². The van der Waals surface area contributed by atoms with Crippen molar-refractivity contribution in [3.8, 4) is 23.0 Å². The molecular weight excluding hydrogens is 654 g/mol. The summed E-state index contributed by atoms with van der Waals surface area (Å²) in [5, 5.41) is 21.1. The highest BCUT2D eigenvalue weighted by Crippen LogP contribution is 2.27. The van der Waals surface area contributed by atoms with Crippen molar-refractivity contribution in [2.45, 2.75) is 59.3 Å². The number of hydrogen-bond acceptors (Lipinski definition) is 9. The Labute approximate surface area is 304 Å². The van der Waals surface area contributed by atoms with E-state index in [2.05, 4.69) is 44.3 Å². The van der Waals surface area contributed by atoms with Gasteiger partial charge in [0.25, 0.3) is 0 Å². The minimum atomic E-state index is 0.173. The fourth-order valence-electron chi connectivity index (χ4n) is 4.77. The molecule has 5 aromatic rings. The Bertz CT molecular complexity index is 1790. The Kier molecular flexibility index (Phi) is 14.6. The molecule has 5 rings (SSSR count). The van der Waals surface area contributed by atoms with Crippen LogP contribution in [0.5, 0.6) is 23.0 Å². The quantitative estimate of drug-likeness (QED) is 0.0346. The first-order valence-corrected chi connectivity index (χ1v) is 17.5. The molecule has 0 atom stereocenters. The predicted molar refractivity (Wildman–Crippen MR) is 203 cm³/mol. The normalized spacial score (nSPS) is 11.0. The minimum Gasteiger partial charge on any atom is -0.494 e. The third kappa shape index (κ3) is 12.6. The molecule has 11 heteroatoms. The van der Waals surface area contributed by atoms with Gasteiger partial charge in [0.05, 0.1) is 42.5 Å². The largest absolute Gasteiger partial charge is 0.494 e. The maximum Gasteiger partial charge on any atom is 0.123 e. The Morgan fingerprint density at radius 3 is 1.21 bits per heavy atom. The molecule has 11 nitrogen and oxygen atoms in total. The van der Waals surface area contributed by atoms with Crippen molar-refractivity contribution in [3.05, 3.63) is 142 Å². The lowest BCUT2D eigenvalue weighted by Gasteiger charge is -2.12. The lowest BCUT2D eigenvalue weighted by Crippen LogP contribution is -1.99. The maximum absolute atomic E-state index is 8.87. The van der Waals surface area contributed by atoms with Crippen LogP contribution in [0.3, 0.4) is 0 Å². The molecule has 0 bridgehead atoms. The summed E-state index contributed by atoms with van der Waals surface area (Å²) in [5.74, 6) is 2.86. The van der Waals surface area contributed by atoms with Crippen LogP contribution in [0.1, 0.15) is 56.2 Å². The van der Waals surface area contributed by atoms with Crippen molar-refractivity contribution >= 4 is 22.7 Å². The van der Waals surface area contributed by atoms with Crippen LogP contribution in [0.2, 0.25) is 0 Å². The van der Waals surface area contributed by atoms with Crippen LogP contribution >= 0.6 is 0 Å². The van der Waals surface area contributed by atoms with Crippen LogP contribution in [0.25, 0.3) is 10.4 Å². The second kappa shape index (κ2) is 20.5. The zero-order chi connectivity index (χ0) is 36.2. The van der Waals surface area contributed by atoms with Gasteiger partial charge in [0.1, 0.15) is 36.2 Å². The van der Waals surface area contributed by atoms with Gasteiger partial charge in [-0.3, -0.25) is 0 Å². The van der Waals surface area contributed by atoms with Crippen molar-refractivity contribution in [3.63, 3.8) is 0 Å². The third-order valence-electron chi connectivity index (χ3n) is 7.71. The van der Waals surface area contributed by atoms with Crippen LogP contribution in [0.15, 0.2) is 141 Å². The smallest absolute Gasteiger partial charge is 0.123 e. The second-order valence-electron chi connectivity index (χ2n) is 11.9. The summed E-state index contributed by atoms with van der Waals surface area (Å²) in [4.78, 5) is 2.90. The maximum atomic E-state index is 8.87. The van der Waals surface area contributed by atoms with Crippen LogP contribution in [-0.2, 0) is 19.8 Å². The molecule has 0 unspecified atom stereocenters. The van der Waals surface area contributed by atoms with Crippen molar-refractivity contribution in [1.82, 2.24) is 0 Å². The van der Waals surface area contributed by atoms with Gasteiger partial charge >= 0.3 is 0 Å². The van der Waals surface area contributed by atoms with Gasteiger partial charge in [-0.1, -0.05) is 56.1 Å². The van der Waals surface area contributed by atoms with Crippen molar-refractivity contribution in [2.75, 3.05) is 13.2 Å². The van der Waals surface area contributed by atoms with E-state index < -0.39 is 0 Å². The number of azide groups is 1. The summed E-state index contributed by atoms with van der Waals surface area (Å²) in [5.41, 5.74) is 14.5. The van der Waals surface area contributed by atoms with Gasteiger partial charge in [-0.25, -0.2) is 0 Å². The Morgan fingerprint density at radius 2 is 0.846 bits per heavy atom. The number of hydrogen-bond donors (Lipinski definition) is 0. The monoisotopic (exact) mass is 697 g/mol. The number of nitrogens with zero attached hydrogens (tertiary/aromatic N) is 7. The molecule has 0 N–H and O–H groups in total. The molecule has 0 fully saturated rings. The van der Waals surface area contributed by atoms with Gasteiger partial charge in [0.2, 0.25) is 0 Å². The SMILES string of the molecule is CCCCOc1ccc(N=Nc2ccc(COc3cc(CN=[N+]=[N-])cc(OCc4ccc(N=Nc5ccc(OCCCC)cc5)cc4)c3)cc2)cc1. The summed E-state index contributed by atoms with van der Waals surface area (Å²) in [7, 11) is 0. The summed E-state index contributed by atoms with van der Waals surface area (Å²) in [6.07, 6.45) is 4.25. The molecule has 0 radical (unpaired) electrons. The minimum absolute atomic E-state index is 0.173. The first kappa shape index (κ1) is 37.1. The molecule has 0 aliphatic heterocycles. The molecule has 0 aliphatic carbocycles. The molecule has 0 saturated heterocycles. The summed E-state index contributed by atoms with van der Waals surface area (Å²) in [6.45, 7) is 6.52. The summed E-state index contributed by atoms with van der Waals surface area (Å²) >= 11 is 0. The number of azo groups is 2. The first-order chi connectivity index (χ1) is 25.6. The van der Waals surface area contributed by atoms with Crippen molar-refractivity contribution < 1.29 is 18.9 Å². The van der Waals surface area contributed by atoms with Gasteiger partial charge in [0.15, 0.2) is 0 Å². The zero-order valence-electron chi connectivity index (χ0n) is 29.6. The Morgan fingerprint density at radius 1 is 0.462 bits per heavy atom. The van der Waals surface area contributed by atoms with E-state index in [1.807, 2.05) is 115 Å². The van der Waals surface area contributed by atoms with E-state index in [0.717, 1.165) is 76.6 Å². The lowest BCUT2D eigenvalue weighted by molar-refractivity contribution is 0.289. The van der Waals surface area contributed by atoms with E-state index in [0.29, 0.717) is 37.9 Å². The summed E-state index contributed by atoms with van der Waals surface area (Å²) in [6, 6.07) is 36.0. The van der Waals surface area contributed by atoms with Gasteiger partial charge < -0.3 is 18.9 Å². The number of benzene rings is 5. The van der Waals surface area contributed by atoms with E-state index in [4.69, 9.17) is 24.5 Å². The molecule has 266 valence electrons. The van der Waals surface area contributed by atoms with E-state index in [9.17, 15) is 0 Å². The van der Waals surface area contributed by atoms with E-state index in [-0.39, 0.29) is 6.54 Å². The molecule has 0 aliphatic rings. The topological polar surface area (TPSA) is 135 Å². The predicted octanol–water partition coefficient (Wildman–Crippen LogP) is 12.8. The van der Waals surface area contributed by atoms with Crippen LogP contribution in [0.4, 0.5) is 22.7 Å². The average Bonchev–Trinajstić information content (AvgIpc) is 3.19. The summed E-state index contributed by atoms with van der Waals surface area (Å²) < 4.78 is 23.6. The van der Waals surface area contributed by atoms with E-state index in [1.54, 1.807) is 0 Å². The second-order valence-corrected chi connectivity index (χ2v) is 11.9. The Balaban J connectivity index is 1.13. The number of unbranched alkanes of at least 4 members (excludes halogenated alkanes) is 2. The van der Waals surface area contributed by atoms with Crippen molar-refractivity contribution in [2.24, 2.45) is 25.6 Å². The van der Waals surface area contributed by atoms with Crippen LogP contribution < -0.4 is 18.9 Å². The standard InChI is InChI=1S/C41H43N7O4/c1-3-5-23-49-38-19-15-36(16-20-38)46-44-34-11-7-31(8-12-34)29-51-40-25-33(28-43-48-42)26-41(27-40)52-30-32-9-13-35(14-10-32)45-47-37-17-21-39(22-18-37)50-24-6-4-2/h7-22,25-27H,3-6,23-24,28-30H2,1-2H3. The Hall–Kier alpha value is -6.19. The fourth-order valence-corrected chi connectivity index (χ4v) is 4.77. The molecule has 5 aromatic carbocycles. The van der Waals surface area contributed by atoms with Crippen LogP contribution in [-0.4, -0.2) is 13.2 Å². The highest BCUT2D eigenvalue weighted by molar-refractivity contribution is 5.45.